The van der Waals surface area contributed by atoms with Crippen molar-refractivity contribution in [2.75, 3.05) is 13.1 Å². The zero-order valence-corrected chi connectivity index (χ0v) is 7.30. The van der Waals surface area contributed by atoms with Crippen molar-refractivity contribution in [1.82, 2.24) is 14.5 Å². The number of rotatable bonds is 0. The molecule has 5 heteroatoms. The number of hydrogen-bond acceptors (Lipinski definition) is 4. The Hall–Kier alpha value is -1.65. The van der Waals surface area contributed by atoms with Crippen LogP contribution in [0.3, 0.4) is 0 Å². The minimum atomic E-state index is 0.845. The van der Waals surface area contributed by atoms with Crippen molar-refractivity contribution in [3.63, 3.8) is 0 Å². The van der Waals surface area contributed by atoms with Gasteiger partial charge >= 0.3 is 0 Å². The van der Waals surface area contributed by atoms with E-state index in [2.05, 4.69) is 15.0 Å². The monoisotopic (exact) mass is 175 g/mol. The van der Waals surface area contributed by atoms with Crippen LogP contribution >= 0.6 is 0 Å². The highest BCUT2D eigenvalue weighted by Crippen LogP contribution is 2.24. The summed E-state index contributed by atoms with van der Waals surface area (Å²) in [5, 5.41) is 0. The smallest absolute Gasteiger partial charge is 0.165 e. The summed E-state index contributed by atoms with van der Waals surface area (Å²) in [7, 11) is 1.94. The van der Waals surface area contributed by atoms with E-state index in [-0.39, 0.29) is 0 Å². The molecular weight excluding hydrogens is 166 g/mol. The van der Waals surface area contributed by atoms with Gasteiger partial charge in [0.05, 0.1) is 19.2 Å². The van der Waals surface area contributed by atoms with Crippen molar-refractivity contribution < 1.29 is 0 Å². The predicted molar refractivity (Wildman–Crippen MR) is 49.5 cm³/mol. The van der Waals surface area contributed by atoms with Crippen LogP contribution in [0.2, 0.25) is 0 Å². The molecule has 3 heterocycles. The van der Waals surface area contributed by atoms with Gasteiger partial charge in [0.2, 0.25) is 0 Å². The molecule has 0 radical (unpaired) electrons. The lowest BCUT2D eigenvalue weighted by Crippen LogP contribution is -2.29. The van der Waals surface area contributed by atoms with E-state index in [1.807, 2.05) is 22.9 Å². The van der Waals surface area contributed by atoms with E-state index in [9.17, 15) is 0 Å². The van der Waals surface area contributed by atoms with Gasteiger partial charge in [0.15, 0.2) is 17.3 Å². The van der Waals surface area contributed by atoms with Crippen LogP contribution in [0.5, 0.6) is 0 Å². The first-order valence-corrected chi connectivity index (χ1v) is 4.23. The lowest BCUT2D eigenvalue weighted by Gasteiger charge is -2.17. The summed E-state index contributed by atoms with van der Waals surface area (Å²) in [6.07, 6.45) is 3.60. The van der Waals surface area contributed by atoms with E-state index in [0.29, 0.717) is 0 Å². The summed E-state index contributed by atoms with van der Waals surface area (Å²) in [5.41, 5.74) is 0.905. The molecular formula is C8H9N5. The van der Waals surface area contributed by atoms with Crippen LogP contribution in [0.15, 0.2) is 16.3 Å². The Balaban J connectivity index is 2.24. The fourth-order valence-corrected chi connectivity index (χ4v) is 1.64. The number of hydrogen-bond donors (Lipinski definition) is 0. The molecule has 5 nitrogen and oxygen atoms in total. The molecule has 3 rings (SSSR count). The summed E-state index contributed by atoms with van der Waals surface area (Å²) in [6.45, 7) is 1.77. The quantitative estimate of drug-likeness (QED) is 0.563. The summed E-state index contributed by atoms with van der Waals surface area (Å²) in [4.78, 5) is 15.0. The van der Waals surface area contributed by atoms with Gasteiger partial charge < -0.3 is 9.47 Å². The van der Waals surface area contributed by atoms with Crippen molar-refractivity contribution in [2.45, 2.75) is 0 Å². The average molecular weight is 175 g/mol. The van der Waals surface area contributed by atoms with Crippen LogP contribution < -0.4 is 0 Å². The van der Waals surface area contributed by atoms with E-state index in [1.54, 1.807) is 6.33 Å². The number of fused-ring (bicyclic) bond motifs is 3. The van der Waals surface area contributed by atoms with Crippen molar-refractivity contribution in [2.24, 2.45) is 17.0 Å². The van der Waals surface area contributed by atoms with Gasteiger partial charge in [-0.3, -0.25) is 4.99 Å². The van der Waals surface area contributed by atoms with E-state index < -0.39 is 0 Å². The average Bonchev–Trinajstić information content (AvgIpc) is 2.70. The first-order valence-electron chi connectivity index (χ1n) is 4.23. The number of amidine groups is 1. The van der Waals surface area contributed by atoms with Crippen LogP contribution in [-0.4, -0.2) is 39.7 Å². The third-order valence-electron chi connectivity index (χ3n) is 2.31. The Kier molecular flexibility index (Phi) is 1.15. The molecule has 0 fully saturated rings. The second kappa shape index (κ2) is 2.18. The molecule has 0 unspecified atom stereocenters. The highest BCUT2D eigenvalue weighted by Gasteiger charge is 2.26. The normalized spacial score (nSPS) is 18.5. The molecule has 0 amide bonds. The standard InChI is InChI=1S/C8H9N5/c1-12-4-10-6-7(12)11-5-13-3-2-9-8(6)13/h4-5H,2-3H2,1H3. The fraction of sp³-hybridized carbons (Fsp3) is 0.375. The Bertz CT molecular complexity index is 414. The van der Waals surface area contributed by atoms with E-state index in [0.717, 1.165) is 30.4 Å². The highest BCUT2D eigenvalue weighted by molar-refractivity contribution is 6.09. The summed E-state index contributed by atoms with van der Waals surface area (Å²) >= 11 is 0. The molecule has 0 atom stereocenters. The molecule has 13 heavy (non-hydrogen) atoms. The van der Waals surface area contributed by atoms with Crippen molar-refractivity contribution in [3.8, 4) is 0 Å². The van der Waals surface area contributed by atoms with Crippen molar-refractivity contribution in [1.29, 1.82) is 0 Å². The molecule has 2 aliphatic rings. The maximum absolute atomic E-state index is 4.39. The van der Waals surface area contributed by atoms with Crippen molar-refractivity contribution >= 4 is 18.0 Å². The lowest BCUT2D eigenvalue weighted by atomic mass is 10.3. The van der Waals surface area contributed by atoms with E-state index in [4.69, 9.17) is 0 Å². The first kappa shape index (κ1) is 6.82. The number of aryl methyl sites for hydroxylation is 1. The van der Waals surface area contributed by atoms with Crippen LogP contribution in [0, 0.1) is 0 Å². The Labute approximate surface area is 75.4 Å². The van der Waals surface area contributed by atoms with E-state index in [1.165, 1.54) is 0 Å². The minimum absolute atomic E-state index is 0.845. The van der Waals surface area contributed by atoms with Crippen LogP contribution in [-0.2, 0) is 7.05 Å². The second-order valence-electron chi connectivity index (χ2n) is 3.17. The largest absolute Gasteiger partial charge is 0.318 e. The topological polar surface area (TPSA) is 45.8 Å². The Morgan fingerprint density at radius 2 is 2.38 bits per heavy atom. The Morgan fingerprint density at radius 3 is 3.31 bits per heavy atom. The Morgan fingerprint density at radius 1 is 1.46 bits per heavy atom. The van der Waals surface area contributed by atoms with E-state index >= 15 is 0 Å². The highest BCUT2D eigenvalue weighted by atomic mass is 15.3. The third kappa shape index (κ3) is 0.783. The number of imidazole rings is 1. The molecule has 0 aliphatic carbocycles. The molecule has 0 spiro atoms. The molecule has 0 bridgehead atoms. The maximum atomic E-state index is 4.39. The van der Waals surface area contributed by atoms with Gasteiger partial charge in [-0.25, -0.2) is 9.98 Å². The molecule has 66 valence electrons. The van der Waals surface area contributed by atoms with Crippen LogP contribution in [0.1, 0.15) is 5.69 Å². The third-order valence-corrected chi connectivity index (χ3v) is 2.31. The fourth-order valence-electron chi connectivity index (χ4n) is 1.64. The zero-order chi connectivity index (χ0) is 8.84. The number of aliphatic imine (C=N–C) groups is 2. The molecule has 1 aromatic heterocycles. The van der Waals surface area contributed by atoms with Crippen molar-refractivity contribution in [3.05, 3.63) is 12.0 Å². The molecule has 1 aromatic rings. The maximum Gasteiger partial charge on any atom is 0.165 e. The van der Waals surface area contributed by atoms with Gasteiger partial charge in [0, 0.05) is 13.6 Å². The molecule has 0 saturated heterocycles. The zero-order valence-electron chi connectivity index (χ0n) is 7.30. The predicted octanol–water partition coefficient (Wildman–Crippen LogP) is 0.156. The number of aromatic nitrogens is 2. The molecule has 2 aliphatic heterocycles. The van der Waals surface area contributed by atoms with Gasteiger partial charge in [-0.2, -0.15) is 0 Å². The summed E-state index contributed by atoms with van der Waals surface area (Å²) in [5.74, 6) is 1.86. The molecule has 0 N–H and O–H groups in total. The van der Waals surface area contributed by atoms with Gasteiger partial charge in [0.25, 0.3) is 0 Å². The first-order chi connectivity index (χ1) is 6.36. The van der Waals surface area contributed by atoms with Gasteiger partial charge in [-0.05, 0) is 0 Å². The van der Waals surface area contributed by atoms with Gasteiger partial charge in [-0.1, -0.05) is 0 Å². The lowest BCUT2D eigenvalue weighted by molar-refractivity contribution is 0.677. The van der Waals surface area contributed by atoms with Crippen LogP contribution in [0.25, 0.3) is 0 Å². The van der Waals surface area contributed by atoms with Gasteiger partial charge in [0.1, 0.15) is 0 Å². The van der Waals surface area contributed by atoms with Gasteiger partial charge in [-0.15, -0.1) is 0 Å². The summed E-state index contributed by atoms with van der Waals surface area (Å²) in [6, 6.07) is 0. The number of nitrogens with zero attached hydrogens (tertiary/aromatic N) is 5. The molecule has 0 saturated carbocycles. The van der Waals surface area contributed by atoms with Crippen LogP contribution in [0.4, 0.5) is 5.82 Å². The summed E-state index contributed by atoms with van der Waals surface area (Å²) < 4.78 is 1.91. The minimum Gasteiger partial charge on any atom is -0.318 e. The second-order valence-corrected chi connectivity index (χ2v) is 3.17. The SMILES string of the molecule is Cn1cnc2c1N=CN1CCN=C21. The molecule has 0 aromatic carbocycles.